The summed E-state index contributed by atoms with van der Waals surface area (Å²) in [6, 6.07) is 10.8. The summed E-state index contributed by atoms with van der Waals surface area (Å²) in [4.78, 5) is 28.1. The number of aryl methyl sites for hydroxylation is 1. The van der Waals surface area contributed by atoms with E-state index in [0.717, 1.165) is 5.56 Å². The van der Waals surface area contributed by atoms with Gasteiger partial charge in [0.05, 0.1) is 25.2 Å². The van der Waals surface area contributed by atoms with E-state index >= 15 is 0 Å². The number of rotatable bonds is 2. The smallest absolute Gasteiger partial charge is 0.290 e. The molecule has 0 radical (unpaired) electrons. The number of carbonyl (C=O) groups is 2. The molecule has 7 heteroatoms. The molecular weight excluding hydrogens is 418 g/mol. The number of Topliss-reactive ketones (excluding diaryl/α,β-unsaturated/α-hetero) is 1. The van der Waals surface area contributed by atoms with Crippen molar-refractivity contribution >= 4 is 34.3 Å². The molecule has 1 fully saturated rings. The maximum atomic E-state index is 13.3. The van der Waals surface area contributed by atoms with Crippen LogP contribution in [0.5, 0.6) is 5.75 Å². The number of hydrogen-bond donors (Lipinski definition) is 0. The van der Waals surface area contributed by atoms with Crippen molar-refractivity contribution in [2.24, 2.45) is 0 Å². The van der Waals surface area contributed by atoms with E-state index in [4.69, 9.17) is 25.5 Å². The van der Waals surface area contributed by atoms with Crippen molar-refractivity contribution in [3.63, 3.8) is 0 Å². The number of ketones is 1. The quantitative estimate of drug-likeness (QED) is 0.576. The highest BCUT2D eigenvalue weighted by atomic mass is 35.5. The number of benzene rings is 2. The average molecular weight is 440 g/mol. The molecule has 1 saturated heterocycles. The van der Waals surface area contributed by atoms with Gasteiger partial charge in [-0.25, -0.2) is 0 Å². The zero-order valence-corrected chi connectivity index (χ0v) is 18.1. The zero-order valence-electron chi connectivity index (χ0n) is 17.4. The highest BCUT2D eigenvalue weighted by Crippen LogP contribution is 2.44. The molecule has 1 amide bonds. The van der Waals surface area contributed by atoms with Crippen LogP contribution < -0.4 is 4.74 Å². The van der Waals surface area contributed by atoms with E-state index in [0.29, 0.717) is 59.2 Å². The van der Waals surface area contributed by atoms with Crippen LogP contribution in [0, 0.1) is 6.92 Å². The number of fused-ring (bicyclic) bond motifs is 3. The first-order valence-electron chi connectivity index (χ1n) is 10.3. The van der Waals surface area contributed by atoms with E-state index in [1.807, 2.05) is 26.0 Å². The Labute approximate surface area is 184 Å². The van der Waals surface area contributed by atoms with Gasteiger partial charge >= 0.3 is 0 Å². The van der Waals surface area contributed by atoms with Gasteiger partial charge in [0.1, 0.15) is 16.9 Å². The van der Waals surface area contributed by atoms with Gasteiger partial charge in [-0.15, -0.1) is 0 Å². The normalized spacial score (nSPS) is 21.1. The Kier molecular flexibility index (Phi) is 4.79. The monoisotopic (exact) mass is 439 g/mol. The Balaban J connectivity index is 1.56. The second-order valence-corrected chi connectivity index (χ2v) is 8.65. The van der Waals surface area contributed by atoms with Gasteiger partial charge in [0.2, 0.25) is 0 Å². The zero-order chi connectivity index (χ0) is 21.8. The lowest BCUT2D eigenvalue weighted by Gasteiger charge is -2.35. The van der Waals surface area contributed by atoms with Crippen LogP contribution in [0.3, 0.4) is 0 Å². The van der Waals surface area contributed by atoms with Crippen LogP contribution in [-0.4, -0.2) is 42.9 Å². The van der Waals surface area contributed by atoms with Crippen LogP contribution in [0.4, 0.5) is 0 Å². The molecule has 6 nitrogen and oxygen atoms in total. The van der Waals surface area contributed by atoms with Crippen LogP contribution in [0.2, 0.25) is 5.02 Å². The largest absolute Gasteiger partial charge is 0.482 e. The molecule has 2 aromatic carbocycles. The summed E-state index contributed by atoms with van der Waals surface area (Å²) < 4.78 is 17.6. The summed E-state index contributed by atoms with van der Waals surface area (Å²) in [5.74, 6) is 0.541. The summed E-state index contributed by atoms with van der Waals surface area (Å²) in [7, 11) is 0. The molecule has 31 heavy (non-hydrogen) atoms. The van der Waals surface area contributed by atoms with E-state index in [2.05, 4.69) is 0 Å². The van der Waals surface area contributed by atoms with Gasteiger partial charge in [-0.1, -0.05) is 23.7 Å². The third kappa shape index (κ3) is 3.30. The standard InChI is InChI=1S/C24H22ClNO5/c1-14-20-18(30-22(14)23(28)26-9-11-29-12-10-26)7-8-19-21(20)17(27)13-24(2,31-19)15-3-5-16(25)6-4-15/h3-8H,9-13H2,1-2H3/t24-/m1/s1. The lowest BCUT2D eigenvalue weighted by atomic mass is 9.84. The molecule has 1 aromatic heterocycles. The van der Waals surface area contributed by atoms with Gasteiger partial charge in [0.15, 0.2) is 11.5 Å². The Morgan fingerprint density at radius 1 is 1.10 bits per heavy atom. The van der Waals surface area contributed by atoms with Crippen LogP contribution in [0.15, 0.2) is 40.8 Å². The van der Waals surface area contributed by atoms with E-state index in [-0.39, 0.29) is 23.9 Å². The molecule has 3 heterocycles. The fourth-order valence-electron chi connectivity index (χ4n) is 4.43. The van der Waals surface area contributed by atoms with E-state index in [1.165, 1.54) is 0 Å². The number of carbonyl (C=O) groups excluding carboxylic acids is 2. The highest BCUT2D eigenvalue weighted by molar-refractivity contribution is 6.30. The van der Waals surface area contributed by atoms with E-state index in [9.17, 15) is 9.59 Å². The molecule has 3 aromatic rings. The van der Waals surface area contributed by atoms with Gasteiger partial charge in [-0.3, -0.25) is 9.59 Å². The van der Waals surface area contributed by atoms with Crippen molar-refractivity contribution in [3.05, 3.63) is 63.9 Å². The summed E-state index contributed by atoms with van der Waals surface area (Å²) >= 11 is 6.02. The average Bonchev–Trinajstić information content (AvgIpc) is 3.10. The Morgan fingerprint density at radius 3 is 2.52 bits per heavy atom. The van der Waals surface area contributed by atoms with E-state index < -0.39 is 5.60 Å². The summed E-state index contributed by atoms with van der Waals surface area (Å²) in [5.41, 5.74) is 1.73. The molecular formula is C24H22ClNO5. The maximum Gasteiger partial charge on any atom is 0.290 e. The molecule has 0 N–H and O–H groups in total. The third-order valence-electron chi connectivity index (χ3n) is 6.12. The first kappa shape index (κ1) is 20.1. The first-order valence-corrected chi connectivity index (χ1v) is 10.7. The fraction of sp³-hybridized carbons (Fsp3) is 0.333. The summed E-state index contributed by atoms with van der Waals surface area (Å²) in [6.07, 6.45) is 0.179. The number of furan rings is 1. The van der Waals surface area contributed by atoms with Gasteiger partial charge in [-0.2, -0.15) is 0 Å². The Hall–Kier alpha value is -2.83. The molecule has 0 aliphatic carbocycles. The SMILES string of the molecule is Cc1c(C(=O)N2CCOCC2)oc2ccc3c(c12)C(=O)C[C@](C)(c1ccc(Cl)cc1)O3. The predicted molar refractivity (Wildman–Crippen MR) is 116 cm³/mol. The predicted octanol–water partition coefficient (Wildman–Crippen LogP) is 4.75. The number of ether oxygens (including phenoxy) is 2. The number of hydrogen-bond acceptors (Lipinski definition) is 5. The van der Waals surface area contributed by atoms with Crippen LogP contribution in [0.25, 0.3) is 11.0 Å². The van der Waals surface area contributed by atoms with Gasteiger partial charge < -0.3 is 18.8 Å². The number of halogens is 1. The molecule has 1 atom stereocenters. The minimum atomic E-state index is -0.799. The first-order chi connectivity index (χ1) is 14.9. The second-order valence-electron chi connectivity index (χ2n) is 8.21. The molecule has 0 spiro atoms. The second kappa shape index (κ2) is 7.39. The maximum absolute atomic E-state index is 13.3. The molecule has 160 valence electrons. The van der Waals surface area contributed by atoms with Crippen LogP contribution in [0.1, 0.15) is 45.4 Å². The van der Waals surface area contributed by atoms with Crippen molar-refractivity contribution in [1.82, 2.24) is 4.90 Å². The van der Waals surface area contributed by atoms with Crippen molar-refractivity contribution in [2.45, 2.75) is 25.9 Å². The van der Waals surface area contributed by atoms with Crippen molar-refractivity contribution in [3.8, 4) is 5.75 Å². The summed E-state index contributed by atoms with van der Waals surface area (Å²) in [6.45, 7) is 5.78. The van der Waals surface area contributed by atoms with Crippen molar-refractivity contribution in [1.29, 1.82) is 0 Å². The molecule has 2 aliphatic rings. The van der Waals surface area contributed by atoms with Crippen LogP contribution in [-0.2, 0) is 10.3 Å². The highest BCUT2D eigenvalue weighted by Gasteiger charge is 2.40. The Morgan fingerprint density at radius 2 is 1.81 bits per heavy atom. The topological polar surface area (TPSA) is 69.0 Å². The number of nitrogens with zero attached hydrogens (tertiary/aromatic N) is 1. The molecule has 0 saturated carbocycles. The third-order valence-corrected chi connectivity index (χ3v) is 6.37. The Bertz CT molecular complexity index is 1190. The fourth-order valence-corrected chi connectivity index (χ4v) is 4.56. The molecule has 5 rings (SSSR count). The minimum absolute atomic E-state index is 0.0430. The minimum Gasteiger partial charge on any atom is -0.482 e. The van der Waals surface area contributed by atoms with Crippen molar-refractivity contribution in [2.75, 3.05) is 26.3 Å². The van der Waals surface area contributed by atoms with Gasteiger partial charge in [0, 0.05) is 29.1 Å². The lowest BCUT2D eigenvalue weighted by Crippen LogP contribution is -2.40. The molecule has 0 unspecified atom stereocenters. The summed E-state index contributed by atoms with van der Waals surface area (Å²) in [5, 5.41) is 1.28. The van der Waals surface area contributed by atoms with Crippen molar-refractivity contribution < 1.29 is 23.5 Å². The van der Waals surface area contributed by atoms with Gasteiger partial charge in [0.25, 0.3) is 5.91 Å². The number of amides is 1. The van der Waals surface area contributed by atoms with E-state index in [1.54, 1.807) is 29.2 Å². The molecule has 0 bridgehead atoms. The molecule has 2 aliphatic heterocycles. The number of morpholine rings is 1. The van der Waals surface area contributed by atoms with Gasteiger partial charge in [-0.05, 0) is 43.7 Å². The van der Waals surface area contributed by atoms with Crippen LogP contribution >= 0.6 is 11.6 Å². The lowest BCUT2D eigenvalue weighted by molar-refractivity contribution is 0.0283.